The van der Waals surface area contributed by atoms with Crippen LogP contribution in [0.3, 0.4) is 0 Å². The molecule has 0 aliphatic carbocycles. The van der Waals surface area contributed by atoms with E-state index >= 15 is 0 Å². The van der Waals surface area contributed by atoms with E-state index in [9.17, 15) is 9.18 Å². The van der Waals surface area contributed by atoms with Gasteiger partial charge >= 0.3 is 5.97 Å². The molecular weight excluding hydrogens is 235 g/mol. The molecule has 0 amide bonds. The lowest BCUT2D eigenvalue weighted by atomic mass is 10.1. The van der Waals surface area contributed by atoms with E-state index in [1.807, 2.05) is 6.07 Å². The Morgan fingerprint density at radius 2 is 2.28 bits per heavy atom. The van der Waals surface area contributed by atoms with Crippen LogP contribution < -0.4 is 5.73 Å². The number of nitrogens with one attached hydrogen (secondary N) is 1. The fraction of sp³-hybridized carbons (Fsp3) is 0.308. The number of H-pyrrole nitrogens is 1. The number of benzene rings is 1. The quantitative estimate of drug-likeness (QED) is 0.812. The van der Waals surface area contributed by atoms with Crippen LogP contribution in [0, 0.1) is 5.82 Å². The van der Waals surface area contributed by atoms with Gasteiger partial charge in [-0.15, -0.1) is 0 Å². The van der Waals surface area contributed by atoms with Crippen molar-refractivity contribution in [2.45, 2.75) is 19.4 Å². The highest BCUT2D eigenvalue weighted by atomic mass is 19.1. The Kier molecular flexibility index (Phi) is 3.62. The lowest BCUT2D eigenvalue weighted by molar-refractivity contribution is -0.144. The predicted octanol–water partition coefficient (Wildman–Crippen LogP) is 1.74. The molecule has 1 atom stereocenters. The highest BCUT2D eigenvalue weighted by molar-refractivity contribution is 5.81. The Bertz CT molecular complexity index is 565. The van der Waals surface area contributed by atoms with Crippen LogP contribution in [0.25, 0.3) is 10.9 Å². The first-order valence-electron chi connectivity index (χ1n) is 5.79. The molecule has 3 N–H and O–H groups in total. The topological polar surface area (TPSA) is 68.1 Å². The SMILES string of the molecule is CCOC(=O)[C@H](N)Cc1cc2ccc(F)cc2[nH]1. The number of carbonyl (C=O) groups is 1. The number of esters is 1. The molecule has 1 aromatic carbocycles. The van der Waals surface area contributed by atoms with E-state index in [0.29, 0.717) is 18.5 Å². The van der Waals surface area contributed by atoms with Gasteiger partial charge in [0.05, 0.1) is 6.61 Å². The van der Waals surface area contributed by atoms with Gasteiger partial charge in [-0.1, -0.05) is 0 Å². The molecule has 96 valence electrons. The normalized spacial score (nSPS) is 12.6. The van der Waals surface area contributed by atoms with Crippen molar-refractivity contribution in [3.05, 3.63) is 35.8 Å². The molecule has 0 spiro atoms. The molecule has 0 bridgehead atoms. The zero-order chi connectivity index (χ0) is 13.1. The Labute approximate surface area is 104 Å². The number of hydrogen-bond acceptors (Lipinski definition) is 3. The number of aromatic amines is 1. The molecule has 2 aromatic rings. The average Bonchev–Trinajstić information content (AvgIpc) is 2.70. The summed E-state index contributed by atoms with van der Waals surface area (Å²) in [6.45, 7) is 2.04. The zero-order valence-electron chi connectivity index (χ0n) is 10.1. The van der Waals surface area contributed by atoms with Gasteiger partial charge in [0.15, 0.2) is 0 Å². The van der Waals surface area contributed by atoms with Crippen LogP contribution in [-0.4, -0.2) is 23.6 Å². The van der Waals surface area contributed by atoms with Gasteiger partial charge in [0.25, 0.3) is 0 Å². The molecule has 1 aromatic heterocycles. The summed E-state index contributed by atoms with van der Waals surface area (Å²) in [4.78, 5) is 14.4. The van der Waals surface area contributed by atoms with Gasteiger partial charge in [0.2, 0.25) is 0 Å². The lowest BCUT2D eigenvalue weighted by Gasteiger charge is -2.08. The second kappa shape index (κ2) is 5.18. The van der Waals surface area contributed by atoms with Crippen molar-refractivity contribution < 1.29 is 13.9 Å². The molecule has 0 radical (unpaired) electrons. The van der Waals surface area contributed by atoms with E-state index in [1.165, 1.54) is 12.1 Å². The molecule has 0 saturated carbocycles. The first-order valence-corrected chi connectivity index (χ1v) is 5.79. The highest BCUT2D eigenvalue weighted by Gasteiger charge is 2.16. The van der Waals surface area contributed by atoms with Crippen LogP contribution in [-0.2, 0) is 16.0 Å². The van der Waals surface area contributed by atoms with Crippen LogP contribution in [0.5, 0.6) is 0 Å². The lowest BCUT2D eigenvalue weighted by Crippen LogP contribution is -2.34. The second-order valence-electron chi connectivity index (χ2n) is 4.09. The largest absolute Gasteiger partial charge is 0.465 e. The summed E-state index contributed by atoms with van der Waals surface area (Å²) in [6.07, 6.45) is 0.342. The summed E-state index contributed by atoms with van der Waals surface area (Å²) < 4.78 is 17.8. The van der Waals surface area contributed by atoms with Gasteiger partial charge in [-0.05, 0) is 36.6 Å². The number of carbonyl (C=O) groups excluding carboxylic acids is 1. The number of fused-ring (bicyclic) bond motifs is 1. The van der Waals surface area contributed by atoms with Crippen LogP contribution >= 0.6 is 0 Å². The van der Waals surface area contributed by atoms with Gasteiger partial charge in [-0.3, -0.25) is 4.79 Å². The van der Waals surface area contributed by atoms with Gasteiger partial charge in [-0.25, -0.2) is 4.39 Å². The number of halogens is 1. The molecule has 0 aliphatic heterocycles. The van der Waals surface area contributed by atoms with Gasteiger partial charge in [0.1, 0.15) is 11.9 Å². The maximum Gasteiger partial charge on any atom is 0.323 e. The second-order valence-corrected chi connectivity index (χ2v) is 4.09. The average molecular weight is 250 g/mol. The van der Waals surface area contributed by atoms with Crippen LogP contribution in [0.2, 0.25) is 0 Å². The van der Waals surface area contributed by atoms with Gasteiger partial charge < -0.3 is 15.5 Å². The summed E-state index contributed by atoms with van der Waals surface area (Å²) in [7, 11) is 0. The van der Waals surface area contributed by atoms with Gasteiger partial charge in [-0.2, -0.15) is 0 Å². The predicted molar refractivity (Wildman–Crippen MR) is 66.6 cm³/mol. The third kappa shape index (κ3) is 2.68. The first-order chi connectivity index (χ1) is 8.60. The van der Waals surface area contributed by atoms with Crippen molar-refractivity contribution in [1.82, 2.24) is 4.98 Å². The Morgan fingerprint density at radius 3 is 3.00 bits per heavy atom. The van der Waals surface area contributed by atoms with Crippen LogP contribution in [0.1, 0.15) is 12.6 Å². The standard InChI is InChI=1S/C13H15FN2O2/c1-2-18-13(17)11(15)7-10-5-8-3-4-9(14)6-12(8)16-10/h3-6,11,16H,2,7,15H2,1H3/t11-/m1/s1. The molecule has 1 heterocycles. The van der Waals surface area contributed by atoms with Crippen molar-refractivity contribution in [1.29, 1.82) is 0 Å². The van der Waals surface area contributed by atoms with E-state index in [4.69, 9.17) is 10.5 Å². The molecule has 0 fully saturated rings. The van der Waals surface area contributed by atoms with E-state index in [2.05, 4.69) is 4.98 Å². The third-order valence-electron chi connectivity index (χ3n) is 2.67. The van der Waals surface area contributed by atoms with E-state index in [-0.39, 0.29) is 5.82 Å². The smallest absolute Gasteiger partial charge is 0.323 e. The van der Waals surface area contributed by atoms with Gasteiger partial charge in [0, 0.05) is 17.6 Å². The molecule has 0 saturated heterocycles. The van der Waals surface area contributed by atoms with E-state index < -0.39 is 12.0 Å². The van der Waals surface area contributed by atoms with Crippen molar-refractivity contribution in [3.8, 4) is 0 Å². The number of ether oxygens (including phenoxy) is 1. The van der Waals surface area contributed by atoms with Crippen LogP contribution in [0.15, 0.2) is 24.3 Å². The summed E-state index contributed by atoms with van der Waals surface area (Å²) in [5, 5.41) is 0.891. The summed E-state index contributed by atoms with van der Waals surface area (Å²) in [5.74, 6) is -0.729. The maximum absolute atomic E-state index is 13.0. The van der Waals surface area contributed by atoms with Crippen molar-refractivity contribution >= 4 is 16.9 Å². The fourth-order valence-corrected chi connectivity index (χ4v) is 1.84. The maximum atomic E-state index is 13.0. The molecule has 5 heteroatoms. The number of hydrogen-bond donors (Lipinski definition) is 2. The minimum Gasteiger partial charge on any atom is -0.465 e. The van der Waals surface area contributed by atoms with Crippen LogP contribution in [0.4, 0.5) is 4.39 Å². The summed E-state index contributed by atoms with van der Waals surface area (Å²) >= 11 is 0. The van der Waals surface area contributed by atoms with E-state index in [1.54, 1.807) is 13.0 Å². The Morgan fingerprint density at radius 1 is 1.50 bits per heavy atom. The van der Waals surface area contributed by atoms with E-state index in [0.717, 1.165) is 11.1 Å². The molecule has 2 rings (SSSR count). The molecule has 4 nitrogen and oxygen atoms in total. The number of aromatic nitrogens is 1. The Hall–Kier alpha value is -1.88. The summed E-state index contributed by atoms with van der Waals surface area (Å²) in [6, 6.07) is 5.64. The van der Waals surface area contributed by atoms with Crippen molar-refractivity contribution in [2.24, 2.45) is 5.73 Å². The fourth-order valence-electron chi connectivity index (χ4n) is 1.84. The molecular formula is C13H15FN2O2. The number of nitrogens with two attached hydrogens (primary N) is 1. The minimum absolute atomic E-state index is 0.300. The Balaban J connectivity index is 2.14. The summed E-state index contributed by atoms with van der Waals surface area (Å²) in [5.41, 5.74) is 7.20. The van der Waals surface area contributed by atoms with Crippen molar-refractivity contribution in [3.63, 3.8) is 0 Å². The molecule has 0 unspecified atom stereocenters. The monoisotopic (exact) mass is 250 g/mol. The zero-order valence-corrected chi connectivity index (χ0v) is 10.1. The first kappa shape index (κ1) is 12.6. The van der Waals surface area contributed by atoms with Crippen molar-refractivity contribution in [2.75, 3.05) is 6.61 Å². The highest BCUT2D eigenvalue weighted by Crippen LogP contribution is 2.17. The third-order valence-corrected chi connectivity index (χ3v) is 2.67. The molecule has 18 heavy (non-hydrogen) atoms. The minimum atomic E-state index is -0.706. The molecule has 0 aliphatic rings. The number of rotatable bonds is 4.